The molecule has 4 aromatic carbocycles. The Balaban J connectivity index is 0.944. The van der Waals surface area contributed by atoms with Gasteiger partial charge in [0.2, 0.25) is 5.56 Å². The summed E-state index contributed by atoms with van der Waals surface area (Å²) < 4.78 is 14.4. The van der Waals surface area contributed by atoms with E-state index in [1.165, 1.54) is 6.07 Å². The Labute approximate surface area is 363 Å². The van der Waals surface area contributed by atoms with E-state index in [1.54, 1.807) is 21.6 Å². The first-order valence-corrected chi connectivity index (χ1v) is 24.9. The van der Waals surface area contributed by atoms with Crippen LogP contribution in [0.1, 0.15) is 62.8 Å². The number of carbonyl (C=O) groups is 1. The van der Waals surface area contributed by atoms with E-state index in [0.717, 1.165) is 76.9 Å². The summed E-state index contributed by atoms with van der Waals surface area (Å²) in [5, 5.41) is 25.5. The molecule has 0 saturated carbocycles. The number of amides is 1. The molecule has 0 unspecified atom stereocenters. The molecule has 9 rings (SSSR count). The maximum atomic E-state index is 13.2. The Kier molecular flexibility index (Phi) is 12.3. The van der Waals surface area contributed by atoms with E-state index in [4.69, 9.17) is 8.84 Å². The van der Waals surface area contributed by atoms with Crippen LogP contribution in [0.4, 0.5) is 10.5 Å². The topological polar surface area (TPSA) is 153 Å². The van der Waals surface area contributed by atoms with Gasteiger partial charge in [0, 0.05) is 36.7 Å². The van der Waals surface area contributed by atoms with Crippen molar-refractivity contribution in [3.05, 3.63) is 129 Å². The first kappa shape index (κ1) is 43.2. The molecule has 326 valence electrons. The highest BCUT2D eigenvalue weighted by Gasteiger charge is 2.41. The van der Waals surface area contributed by atoms with Crippen molar-refractivity contribution in [2.45, 2.75) is 89.7 Å². The lowest BCUT2D eigenvalue weighted by molar-refractivity contribution is 0.0837. The van der Waals surface area contributed by atoms with E-state index in [2.05, 4.69) is 55.1 Å². The molecule has 5 heterocycles. The van der Waals surface area contributed by atoms with Crippen molar-refractivity contribution in [1.82, 2.24) is 19.8 Å². The number of anilines is 1. The number of oxazole rings is 1. The molecule has 0 radical (unpaired) electrons. The van der Waals surface area contributed by atoms with E-state index in [9.17, 15) is 24.6 Å². The van der Waals surface area contributed by atoms with Crippen LogP contribution in [0.15, 0.2) is 105 Å². The summed E-state index contributed by atoms with van der Waals surface area (Å²) in [5.74, 6) is -0.0426. The van der Waals surface area contributed by atoms with Crippen molar-refractivity contribution in [3.8, 4) is 16.9 Å². The van der Waals surface area contributed by atoms with Gasteiger partial charge in [-0.05, 0) is 128 Å². The SMILES string of the molecule is CC(C)(C)[Si](C)(C)O[C@H](CNCCc1ccc2c(c1)oc(=O)n2CCCc1ccc(-c2ccccc2)c(N(C(=O)O)[C@H]2CN3CCC2CC3)c1)c1ccc(O)c2[nH]c(=O)ccc12. The van der Waals surface area contributed by atoms with Gasteiger partial charge >= 0.3 is 11.8 Å². The molecule has 3 aliphatic heterocycles. The number of pyridine rings is 1. The van der Waals surface area contributed by atoms with Crippen LogP contribution in [0.25, 0.3) is 33.1 Å². The highest BCUT2D eigenvalue weighted by atomic mass is 28.4. The molecular formula is C49H59N5O7Si. The Bertz CT molecular complexity index is 2680. The van der Waals surface area contributed by atoms with Crippen LogP contribution in [-0.4, -0.2) is 77.8 Å². The number of hydrogen-bond acceptors (Lipinski definition) is 8. The third kappa shape index (κ3) is 9.03. The van der Waals surface area contributed by atoms with Crippen molar-refractivity contribution in [2.75, 3.05) is 37.6 Å². The van der Waals surface area contributed by atoms with Gasteiger partial charge in [0.15, 0.2) is 13.9 Å². The van der Waals surface area contributed by atoms with E-state index in [-0.39, 0.29) is 28.5 Å². The number of aryl methyl sites for hydroxylation is 2. The van der Waals surface area contributed by atoms with Gasteiger partial charge in [-0.2, -0.15) is 0 Å². The number of aromatic amines is 1. The average molecular weight is 858 g/mol. The van der Waals surface area contributed by atoms with Gasteiger partial charge in [0.25, 0.3) is 0 Å². The van der Waals surface area contributed by atoms with Crippen molar-refractivity contribution >= 4 is 42.1 Å². The van der Waals surface area contributed by atoms with Gasteiger partial charge in [-0.3, -0.25) is 14.3 Å². The standard InChI is InChI=1S/C49H59N5O7Si/c1-49(2,3)62(4,5)61-44(37-16-19-42(55)46-38(37)17-20-45(56)51-46)30-50-24-21-33-14-18-39-43(29-33)60-48(59)53(39)25-9-10-32-13-15-36(34-11-7-6-8-12-34)40(28-32)54(47(57)58)41-31-52-26-22-35(41)23-27-52/h6-8,11-20,28-29,35,41,44,50,55H,9-10,21-27,30-31H2,1-5H3,(H,51,56)(H,57,58)/t41-,44+/m0/s1. The smallest absolute Gasteiger partial charge is 0.419 e. The molecule has 62 heavy (non-hydrogen) atoms. The van der Waals surface area contributed by atoms with Crippen LogP contribution in [0, 0.1) is 5.92 Å². The minimum Gasteiger partial charge on any atom is -0.506 e. The summed E-state index contributed by atoms with van der Waals surface area (Å²) in [5.41, 5.74) is 6.95. The van der Waals surface area contributed by atoms with Gasteiger partial charge in [-0.1, -0.05) is 75.4 Å². The number of nitrogens with zero attached hydrogens (tertiary/aromatic N) is 3. The molecule has 1 amide bonds. The van der Waals surface area contributed by atoms with Crippen LogP contribution in [-0.2, 0) is 23.8 Å². The second kappa shape index (κ2) is 17.7. The van der Waals surface area contributed by atoms with Gasteiger partial charge < -0.3 is 34.3 Å². The fourth-order valence-electron chi connectivity index (χ4n) is 9.12. The van der Waals surface area contributed by atoms with Gasteiger partial charge in [-0.15, -0.1) is 0 Å². The zero-order valence-electron chi connectivity index (χ0n) is 36.4. The number of rotatable bonds is 15. The predicted molar refractivity (Wildman–Crippen MR) is 248 cm³/mol. The summed E-state index contributed by atoms with van der Waals surface area (Å²) in [6.07, 6.45) is 2.80. The quantitative estimate of drug-likeness (QED) is 0.0586. The molecule has 0 aliphatic carbocycles. The largest absolute Gasteiger partial charge is 0.506 e. The summed E-state index contributed by atoms with van der Waals surface area (Å²) in [6, 6.07) is 28.7. The van der Waals surface area contributed by atoms with Crippen LogP contribution >= 0.6 is 0 Å². The average Bonchev–Trinajstić information content (AvgIpc) is 3.56. The van der Waals surface area contributed by atoms with E-state index < -0.39 is 20.2 Å². The zero-order chi connectivity index (χ0) is 43.8. The number of aromatic nitrogens is 2. The maximum absolute atomic E-state index is 13.2. The fourth-order valence-corrected chi connectivity index (χ4v) is 10.4. The molecule has 3 saturated heterocycles. The molecule has 3 aliphatic rings. The van der Waals surface area contributed by atoms with Crippen molar-refractivity contribution in [1.29, 1.82) is 0 Å². The lowest BCUT2D eigenvalue weighted by atomic mass is 9.82. The fraction of sp³-hybridized carbons (Fsp3) is 0.408. The van der Waals surface area contributed by atoms with Crippen LogP contribution < -0.4 is 21.5 Å². The second-order valence-electron chi connectivity index (χ2n) is 18.6. The molecular weight excluding hydrogens is 799 g/mol. The number of phenols is 1. The minimum atomic E-state index is -2.23. The maximum Gasteiger partial charge on any atom is 0.419 e. The minimum absolute atomic E-state index is 0.0166. The highest BCUT2D eigenvalue weighted by Crippen LogP contribution is 2.42. The predicted octanol–water partition coefficient (Wildman–Crippen LogP) is 8.92. The zero-order valence-corrected chi connectivity index (χ0v) is 37.4. The van der Waals surface area contributed by atoms with Crippen LogP contribution in [0.3, 0.4) is 0 Å². The summed E-state index contributed by atoms with van der Waals surface area (Å²) in [4.78, 5) is 45.2. The number of phenolic OH excluding ortho intramolecular Hbond substituents is 1. The summed E-state index contributed by atoms with van der Waals surface area (Å²) >= 11 is 0. The molecule has 6 aromatic rings. The number of fused-ring (bicyclic) bond motifs is 5. The number of carboxylic acid groups (broad SMARTS) is 1. The third-order valence-corrected chi connectivity index (χ3v) is 18.0. The van der Waals surface area contributed by atoms with E-state index >= 15 is 0 Å². The highest BCUT2D eigenvalue weighted by molar-refractivity contribution is 6.74. The molecule has 2 bridgehead atoms. The molecule has 0 spiro atoms. The molecule has 13 heteroatoms. The third-order valence-electron chi connectivity index (χ3n) is 13.6. The molecule has 4 N–H and O–H groups in total. The molecule has 12 nitrogen and oxygen atoms in total. The number of hydrogen-bond donors (Lipinski definition) is 4. The van der Waals surface area contributed by atoms with E-state index in [1.807, 2.05) is 66.7 Å². The summed E-state index contributed by atoms with van der Waals surface area (Å²) in [6.45, 7) is 15.5. The molecule has 3 fully saturated rings. The monoisotopic (exact) mass is 857 g/mol. The number of aromatic hydroxyl groups is 1. The Hall–Kier alpha value is -5.47. The van der Waals surface area contributed by atoms with Crippen molar-refractivity contribution in [2.24, 2.45) is 5.92 Å². The lowest BCUT2D eigenvalue weighted by Gasteiger charge is -2.48. The number of piperidine rings is 3. The normalized spacial score (nSPS) is 18.4. The molecule has 2 aromatic heterocycles. The van der Waals surface area contributed by atoms with Crippen LogP contribution in [0.5, 0.6) is 5.75 Å². The van der Waals surface area contributed by atoms with Crippen LogP contribution in [0.2, 0.25) is 18.1 Å². The first-order valence-electron chi connectivity index (χ1n) is 22.0. The number of nitrogens with one attached hydrogen (secondary N) is 2. The Morgan fingerprint density at radius 1 is 0.968 bits per heavy atom. The lowest BCUT2D eigenvalue weighted by Crippen LogP contribution is -2.59. The number of benzene rings is 4. The first-order chi connectivity index (χ1) is 29.7. The van der Waals surface area contributed by atoms with Gasteiger partial charge in [0.05, 0.1) is 28.9 Å². The molecule has 2 atom stereocenters. The Morgan fingerprint density at radius 2 is 1.71 bits per heavy atom. The van der Waals surface area contributed by atoms with Gasteiger partial charge in [-0.25, -0.2) is 9.59 Å². The van der Waals surface area contributed by atoms with Crippen molar-refractivity contribution < 1.29 is 23.9 Å². The summed E-state index contributed by atoms with van der Waals surface area (Å²) in [7, 11) is -2.23. The van der Waals surface area contributed by atoms with E-state index in [0.29, 0.717) is 55.9 Å². The Morgan fingerprint density at radius 3 is 2.42 bits per heavy atom. The van der Waals surface area contributed by atoms with Gasteiger partial charge in [0.1, 0.15) is 5.75 Å². The van der Waals surface area contributed by atoms with Crippen molar-refractivity contribution in [3.63, 3.8) is 0 Å². The number of H-pyrrole nitrogens is 1. The second-order valence-corrected chi connectivity index (χ2v) is 23.4.